The van der Waals surface area contributed by atoms with Gasteiger partial charge >= 0.3 is 0 Å². The van der Waals surface area contributed by atoms with E-state index in [1.54, 1.807) is 6.20 Å². The highest BCUT2D eigenvalue weighted by molar-refractivity contribution is 5.28. The molecule has 0 bridgehead atoms. The van der Waals surface area contributed by atoms with E-state index in [1.807, 2.05) is 0 Å². The Morgan fingerprint density at radius 1 is 1.04 bits per heavy atom. The van der Waals surface area contributed by atoms with Crippen molar-refractivity contribution < 1.29 is 8.78 Å². The lowest BCUT2D eigenvalue weighted by Crippen LogP contribution is -2.12. The topological polar surface area (TPSA) is 60.6 Å². The number of hydrogen-bond acceptors (Lipinski definition) is 4. The summed E-state index contributed by atoms with van der Waals surface area (Å²) in [5, 5.41) is 15.6. The SMILES string of the molecule is CCCCCCCCCNc1cnn(Cn2cc(C(C)(F)F)cn2)n1. The zero-order valence-electron chi connectivity index (χ0n) is 15.1. The Labute approximate surface area is 147 Å². The molecule has 0 unspecified atom stereocenters. The molecule has 8 heteroatoms. The van der Waals surface area contributed by atoms with Crippen LogP contribution >= 0.6 is 0 Å². The Kier molecular flexibility index (Phi) is 7.33. The standard InChI is InChI=1S/C17H28F2N6/c1-3-4-5-6-7-8-9-10-20-16-12-22-25(23-16)14-24-13-15(11-21-24)17(2,18)19/h11-13H,3-10,14H2,1-2H3,(H,20,23). The molecule has 0 spiro atoms. The van der Waals surface area contributed by atoms with Gasteiger partial charge in [-0.2, -0.15) is 15.0 Å². The van der Waals surface area contributed by atoms with E-state index in [-0.39, 0.29) is 12.2 Å². The number of nitrogens with zero attached hydrogens (tertiary/aromatic N) is 5. The Balaban J connectivity index is 1.67. The molecule has 2 rings (SSSR count). The molecule has 0 fully saturated rings. The molecule has 0 radical (unpaired) electrons. The van der Waals surface area contributed by atoms with E-state index in [9.17, 15) is 8.78 Å². The molecule has 0 aliphatic heterocycles. The molecule has 6 nitrogen and oxygen atoms in total. The minimum atomic E-state index is -2.89. The van der Waals surface area contributed by atoms with Gasteiger partial charge in [-0.1, -0.05) is 45.4 Å². The fourth-order valence-electron chi connectivity index (χ4n) is 2.54. The van der Waals surface area contributed by atoms with E-state index in [2.05, 4.69) is 27.5 Å². The molecule has 2 aromatic heterocycles. The molecule has 2 heterocycles. The van der Waals surface area contributed by atoms with Crippen molar-refractivity contribution in [2.24, 2.45) is 0 Å². The molecule has 140 valence electrons. The number of alkyl halides is 2. The maximum absolute atomic E-state index is 13.2. The van der Waals surface area contributed by atoms with Crippen molar-refractivity contribution in [3.05, 3.63) is 24.2 Å². The molecule has 0 atom stereocenters. The van der Waals surface area contributed by atoms with Gasteiger partial charge in [0.1, 0.15) is 0 Å². The number of hydrogen-bond donors (Lipinski definition) is 1. The van der Waals surface area contributed by atoms with Crippen LogP contribution in [0.25, 0.3) is 0 Å². The van der Waals surface area contributed by atoms with Gasteiger partial charge in [-0.25, -0.2) is 13.5 Å². The van der Waals surface area contributed by atoms with E-state index in [4.69, 9.17) is 0 Å². The fourth-order valence-corrected chi connectivity index (χ4v) is 2.54. The van der Waals surface area contributed by atoms with Gasteiger partial charge in [0.05, 0.1) is 18.0 Å². The Hall–Kier alpha value is -1.99. The maximum Gasteiger partial charge on any atom is 0.273 e. The summed E-state index contributed by atoms with van der Waals surface area (Å²) in [4.78, 5) is 1.43. The minimum Gasteiger partial charge on any atom is -0.367 e. The van der Waals surface area contributed by atoms with Crippen molar-refractivity contribution in [3.63, 3.8) is 0 Å². The average molecular weight is 354 g/mol. The van der Waals surface area contributed by atoms with Crippen LogP contribution < -0.4 is 5.32 Å². The molecule has 0 aromatic carbocycles. The average Bonchev–Trinajstić information content (AvgIpc) is 3.20. The molecular weight excluding hydrogens is 326 g/mol. The summed E-state index contributed by atoms with van der Waals surface area (Å²) in [6.07, 6.45) is 13.0. The van der Waals surface area contributed by atoms with Crippen molar-refractivity contribution in [3.8, 4) is 0 Å². The van der Waals surface area contributed by atoms with Crippen LogP contribution in [0.15, 0.2) is 18.6 Å². The lowest BCUT2D eigenvalue weighted by Gasteiger charge is -2.05. The molecule has 0 saturated carbocycles. The molecule has 25 heavy (non-hydrogen) atoms. The molecule has 0 saturated heterocycles. The van der Waals surface area contributed by atoms with Crippen LogP contribution in [0.4, 0.5) is 14.6 Å². The maximum atomic E-state index is 13.2. The first-order chi connectivity index (χ1) is 12.0. The zero-order chi connectivity index (χ0) is 18.1. The van der Waals surface area contributed by atoms with Crippen LogP contribution in [0, 0.1) is 0 Å². The second-order valence-corrected chi connectivity index (χ2v) is 6.45. The van der Waals surface area contributed by atoms with Crippen LogP contribution in [0.2, 0.25) is 0 Å². The van der Waals surface area contributed by atoms with Crippen LogP contribution in [-0.4, -0.2) is 31.3 Å². The van der Waals surface area contributed by atoms with Gasteiger partial charge < -0.3 is 5.32 Å². The molecule has 0 aliphatic rings. The smallest absolute Gasteiger partial charge is 0.273 e. The van der Waals surface area contributed by atoms with Gasteiger partial charge in [0, 0.05) is 19.7 Å². The van der Waals surface area contributed by atoms with Gasteiger partial charge in [-0.15, -0.1) is 5.10 Å². The number of anilines is 1. The van der Waals surface area contributed by atoms with E-state index in [0.717, 1.165) is 19.9 Å². The lowest BCUT2D eigenvalue weighted by atomic mass is 10.1. The third kappa shape index (κ3) is 6.80. The molecule has 0 amide bonds. The molecule has 1 N–H and O–H groups in total. The van der Waals surface area contributed by atoms with Gasteiger partial charge in [0.25, 0.3) is 5.92 Å². The van der Waals surface area contributed by atoms with E-state index in [0.29, 0.717) is 5.82 Å². The lowest BCUT2D eigenvalue weighted by molar-refractivity contribution is 0.0173. The van der Waals surface area contributed by atoms with E-state index in [1.165, 1.54) is 60.4 Å². The largest absolute Gasteiger partial charge is 0.367 e. The number of rotatable bonds is 12. The fraction of sp³-hybridized carbons (Fsp3) is 0.706. The predicted octanol–water partition coefficient (Wildman–Crippen LogP) is 4.25. The Bertz CT molecular complexity index is 617. The van der Waals surface area contributed by atoms with Gasteiger partial charge in [0.2, 0.25) is 0 Å². The van der Waals surface area contributed by atoms with Crippen molar-refractivity contribution in [2.45, 2.75) is 71.4 Å². The number of aromatic nitrogens is 5. The highest BCUT2D eigenvalue weighted by atomic mass is 19.3. The normalized spacial score (nSPS) is 11.8. The Morgan fingerprint density at radius 2 is 1.76 bits per heavy atom. The minimum absolute atomic E-state index is 0.114. The van der Waals surface area contributed by atoms with E-state index < -0.39 is 5.92 Å². The summed E-state index contributed by atoms with van der Waals surface area (Å²) in [6.45, 7) is 4.14. The van der Waals surface area contributed by atoms with Crippen LogP contribution in [-0.2, 0) is 12.6 Å². The van der Waals surface area contributed by atoms with Crippen molar-refractivity contribution in [2.75, 3.05) is 11.9 Å². The zero-order valence-corrected chi connectivity index (χ0v) is 15.1. The molecule has 2 aromatic rings. The quantitative estimate of drug-likeness (QED) is 0.579. The Morgan fingerprint density at radius 3 is 2.44 bits per heavy atom. The number of nitrogens with one attached hydrogen (secondary N) is 1. The predicted molar refractivity (Wildman–Crippen MR) is 93.7 cm³/mol. The second-order valence-electron chi connectivity index (χ2n) is 6.45. The van der Waals surface area contributed by atoms with Crippen LogP contribution in [0.3, 0.4) is 0 Å². The summed E-state index contributed by atoms with van der Waals surface area (Å²) < 4.78 is 27.8. The highest BCUT2D eigenvalue weighted by Crippen LogP contribution is 2.25. The second kappa shape index (κ2) is 9.48. The van der Waals surface area contributed by atoms with Crippen molar-refractivity contribution >= 4 is 5.82 Å². The molecule has 0 aliphatic carbocycles. The van der Waals surface area contributed by atoms with Crippen LogP contribution in [0.5, 0.6) is 0 Å². The third-order valence-corrected chi connectivity index (χ3v) is 4.03. The number of halogens is 2. The summed E-state index contributed by atoms with van der Waals surface area (Å²) in [7, 11) is 0. The van der Waals surface area contributed by atoms with Crippen molar-refractivity contribution in [1.29, 1.82) is 0 Å². The first-order valence-corrected chi connectivity index (χ1v) is 9.04. The number of unbranched alkanes of at least 4 members (excludes halogenated alkanes) is 6. The summed E-state index contributed by atoms with van der Waals surface area (Å²) >= 11 is 0. The summed E-state index contributed by atoms with van der Waals surface area (Å²) in [6, 6.07) is 0. The van der Waals surface area contributed by atoms with Gasteiger partial charge in [-0.05, 0) is 6.42 Å². The summed E-state index contributed by atoms with van der Waals surface area (Å²) in [5.74, 6) is -2.20. The third-order valence-electron chi connectivity index (χ3n) is 4.03. The molecular formula is C17H28F2N6. The first-order valence-electron chi connectivity index (χ1n) is 9.04. The van der Waals surface area contributed by atoms with E-state index >= 15 is 0 Å². The van der Waals surface area contributed by atoms with Gasteiger partial charge in [-0.3, -0.25) is 0 Å². The monoisotopic (exact) mass is 354 g/mol. The van der Waals surface area contributed by atoms with Crippen molar-refractivity contribution in [1.82, 2.24) is 24.8 Å². The summed E-state index contributed by atoms with van der Waals surface area (Å²) in [5.41, 5.74) is -0.114. The van der Waals surface area contributed by atoms with Gasteiger partial charge in [0.15, 0.2) is 12.5 Å². The van der Waals surface area contributed by atoms with Crippen LogP contribution in [0.1, 0.15) is 64.4 Å². The first kappa shape index (κ1) is 19.3. The highest BCUT2D eigenvalue weighted by Gasteiger charge is 2.26.